The number of esters is 1. The van der Waals surface area contributed by atoms with Crippen LogP contribution < -0.4 is 5.32 Å². The Morgan fingerprint density at radius 2 is 2.17 bits per heavy atom. The van der Waals surface area contributed by atoms with E-state index in [0.29, 0.717) is 18.1 Å². The van der Waals surface area contributed by atoms with E-state index in [1.54, 1.807) is 6.92 Å². The highest BCUT2D eigenvalue weighted by molar-refractivity contribution is 7.20. The third-order valence-electron chi connectivity index (χ3n) is 3.25. The molecule has 0 aliphatic rings. The second-order valence-electron chi connectivity index (χ2n) is 5.38. The second-order valence-corrected chi connectivity index (χ2v) is 6.38. The predicted octanol–water partition coefficient (Wildman–Crippen LogP) is 3.40. The molecule has 7 heteroatoms. The Hall–Kier alpha value is -1.73. The average molecular weight is 337 g/mol. The lowest BCUT2D eigenvalue weighted by atomic mass is 10.2. The van der Waals surface area contributed by atoms with Crippen molar-refractivity contribution in [2.24, 2.45) is 0 Å². The maximum Gasteiger partial charge on any atom is 0.348 e. The molecule has 0 aliphatic carbocycles. The van der Waals surface area contributed by atoms with Gasteiger partial charge in [0.2, 0.25) is 0 Å². The Morgan fingerprint density at radius 1 is 1.39 bits per heavy atom. The number of hydrogen-bond donors (Lipinski definition) is 1. The van der Waals surface area contributed by atoms with Crippen molar-refractivity contribution in [1.82, 2.24) is 9.97 Å². The fourth-order valence-electron chi connectivity index (χ4n) is 2.19. The van der Waals surface area contributed by atoms with Crippen molar-refractivity contribution < 1.29 is 14.3 Å². The van der Waals surface area contributed by atoms with Gasteiger partial charge in [0.05, 0.1) is 18.1 Å². The topological polar surface area (TPSA) is 73.3 Å². The van der Waals surface area contributed by atoms with Crippen molar-refractivity contribution in [1.29, 1.82) is 0 Å². The van der Waals surface area contributed by atoms with E-state index >= 15 is 0 Å². The van der Waals surface area contributed by atoms with Crippen molar-refractivity contribution in [3.05, 3.63) is 16.8 Å². The molecule has 2 aromatic rings. The lowest BCUT2D eigenvalue weighted by Crippen LogP contribution is -2.10. The highest BCUT2D eigenvalue weighted by Gasteiger charge is 2.19. The first-order chi connectivity index (χ1) is 11.0. The van der Waals surface area contributed by atoms with Crippen molar-refractivity contribution >= 4 is 33.3 Å². The number of anilines is 1. The van der Waals surface area contributed by atoms with Gasteiger partial charge in [0.15, 0.2) is 0 Å². The minimum Gasteiger partial charge on any atom is -0.462 e. The van der Waals surface area contributed by atoms with Gasteiger partial charge >= 0.3 is 5.97 Å². The second kappa shape index (κ2) is 8.21. The smallest absolute Gasteiger partial charge is 0.348 e. The summed E-state index contributed by atoms with van der Waals surface area (Å²) in [5, 5.41) is 4.20. The number of hydrogen-bond acceptors (Lipinski definition) is 7. The maximum absolute atomic E-state index is 12.0. The molecule has 0 fully saturated rings. The number of aromatic nitrogens is 2. The van der Waals surface area contributed by atoms with Gasteiger partial charge in [0.1, 0.15) is 21.9 Å². The third kappa shape index (κ3) is 4.39. The van der Waals surface area contributed by atoms with Crippen molar-refractivity contribution in [2.45, 2.75) is 40.2 Å². The molecular weight excluding hydrogens is 314 g/mol. The van der Waals surface area contributed by atoms with Crippen LogP contribution in [0.15, 0.2) is 6.33 Å². The van der Waals surface area contributed by atoms with Gasteiger partial charge in [-0.25, -0.2) is 14.8 Å². The van der Waals surface area contributed by atoms with Crippen LogP contribution in [-0.2, 0) is 9.47 Å². The van der Waals surface area contributed by atoms with E-state index in [9.17, 15) is 4.79 Å². The number of thiophene rings is 1. The minimum absolute atomic E-state index is 0.243. The predicted molar refractivity (Wildman–Crippen MR) is 92.3 cm³/mol. The molecule has 0 radical (unpaired) electrons. The van der Waals surface area contributed by atoms with Crippen LogP contribution in [0.3, 0.4) is 0 Å². The van der Waals surface area contributed by atoms with E-state index in [-0.39, 0.29) is 12.1 Å². The number of nitrogens with one attached hydrogen (secondary N) is 1. The zero-order chi connectivity index (χ0) is 16.8. The summed E-state index contributed by atoms with van der Waals surface area (Å²) >= 11 is 1.34. The van der Waals surface area contributed by atoms with E-state index in [1.807, 2.05) is 20.8 Å². The fourth-order valence-corrected chi connectivity index (χ4v) is 3.24. The molecule has 2 aromatic heterocycles. The number of carbonyl (C=O) groups excluding carboxylic acids is 1. The Balaban J connectivity index is 2.13. The molecule has 2 heterocycles. The largest absolute Gasteiger partial charge is 0.462 e. The highest BCUT2D eigenvalue weighted by atomic mass is 32.1. The van der Waals surface area contributed by atoms with Gasteiger partial charge in [-0.1, -0.05) is 0 Å². The molecular formula is C16H23N3O3S. The fraction of sp³-hybridized carbons (Fsp3) is 0.562. The van der Waals surface area contributed by atoms with E-state index < -0.39 is 0 Å². The number of carbonyl (C=O) groups is 1. The molecule has 1 N–H and O–H groups in total. The zero-order valence-corrected chi connectivity index (χ0v) is 14.8. The van der Waals surface area contributed by atoms with Gasteiger partial charge in [0, 0.05) is 13.2 Å². The Morgan fingerprint density at radius 3 is 2.87 bits per heavy atom. The molecule has 0 saturated heterocycles. The standard InChI is InChI=1S/C16H23N3O3S/c1-5-21-16(20)13-11(4)12-14(18-9-19-15(12)23-13)17-7-6-8-22-10(2)3/h9-10H,5-8H2,1-4H3,(H,17,18,19). The van der Waals surface area contributed by atoms with Gasteiger partial charge in [-0.15, -0.1) is 11.3 Å². The van der Waals surface area contributed by atoms with Gasteiger partial charge in [0.25, 0.3) is 0 Å². The molecule has 0 amide bonds. The molecule has 0 aromatic carbocycles. The van der Waals surface area contributed by atoms with Crippen LogP contribution in [-0.4, -0.2) is 41.8 Å². The first kappa shape index (κ1) is 17.6. The quantitative estimate of drug-likeness (QED) is 0.588. The summed E-state index contributed by atoms with van der Waals surface area (Å²) in [5.74, 6) is 0.452. The van der Waals surface area contributed by atoms with E-state index in [2.05, 4.69) is 15.3 Å². The van der Waals surface area contributed by atoms with Crippen LogP contribution in [0.5, 0.6) is 0 Å². The summed E-state index contributed by atoms with van der Waals surface area (Å²) in [5.41, 5.74) is 0.866. The summed E-state index contributed by atoms with van der Waals surface area (Å²) in [7, 11) is 0. The van der Waals surface area contributed by atoms with Crippen LogP contribution in [0, 0.1) is 6.92 Å². The SMILES string of the molecule is CCOC(=O)c1sc2ncnc(NCCCOC(C)C)c2c1C. The molecule has 126 valence electrons. The zero-order valence-electron chi connectivity index (χ0n) is 14.0. The molecule has 0 unspecified atom stereocenters. The molecule has 6 nitrogen and oxygen atoms in total. The number of ether oxygens (including phenoxy) is 2. The number of nitrogens with zero attached hydrogens (tertiary/aromatic N) is 2. The van der Waals surface area contributed by atoms with Crippen molar-refractivity contribution in [3.63, 3.8) is 0 Å². The normalized spacial score (nSPS) is 11.2. The molecule has 23 heavy (non-hydrogen) atoms. The minimum atomic E-state index is -0.302. The molecule has 0 bridgehead atoms. The number of rotatable bonds is 8. The lowest BCUT2D eigenvalue weighted by Gasteiger charge is -2.09. The summed E-state index contributed by atoms with van der Waals surface area (Å²) < 4.78 is 10.6. The molecule has 0 atom stereocenters. The Bertz CT molecular complexity index is 670. The van der Waals surface area contributed by atoms with Crippen LogP contribution >= 0.6 is 11.3 Å². The monoisotopic (exact) mass is 337 g/mol. The van der Waals surface area contributed by atoms with Gasteiger partial charge in [-0.2, -0.15) is 0 Å². The first-order valence-corrected chi connectivity index (χ1v) is 8.63. The van der Waals surface area contributed by atoms with Crippen LogP contribution in [0.25, 0.3) is 10.2 Å². The Kier molecular flexibility index (Phi) is 6.29. The maximum atomic E-state index is 12.0. The van der Waals surface area contributed by atoms with E-state index in [4.69, 9.17) is 9.47 Å². The third-order valence-corrected chi connectivity index (χ3v) is 4.43. The van der Waals surface area contributed by atoms with Crippen LogP contribution in [0.4, 0.5) is 5.82 Å². The molecule has 0 saturated carbocycles. The first-order valence-electron chi connectivity index (χ1n) is 7.81. The molecule has 0 spiro atoms. The molecule has 0 aliphatic heterocycles. The Labute approximate surface area is 140 Å². The number of fused-ring (bicyclic) bond motifs is 1. The van der Waals surface area contributed by atoms with Crippen LogP contribution in [0.2, 0.25) is 0 Å². The van der Waals surface area contributed by atoms with Gasteiger partial charge in [-0.3, -0.25) is 0 Å². The van der Waals surface area contributed by atoms with Crippen molar-refractivity contribution in [3.8, 4) is 0 Å². The van der Waals surface area contributed by atoms with Crippen molar-refractivity contribution in [2.75, 3.05) is 25.1 Å². The van der Waals surface area contributed by atoms with E-state index in [0.717, 1.165) is 34.6 Å². The summed E-state index contributed by atoms with van der Waals surface area (Å²) in [4.78, 5) is 22.0. The number of aryl methyl sites for hydroxylation is 1. The lowest BCUT2D eigenvalue weighted by molar-refractivity contribution is 0.0531. The molecule has 2 rings (SSSR count). The summed E-state index contributed by atoms with van der Waals surface area (Å²) in [6.45, 7) is 9.56. The highest BCUT2D eigenvalue weighted by Crippen LogP contribution is 2.33. The van der Waals surface area contributed by atoms with E-state index in [1.165, 1.54) is 17.7 Å². The summed E-state index contributed by atoms with van der Waals surface area (Å²) in [6.07, 6.45) is 2.64. The van der Waals surface area contributed by atoms with Crippen LogP contribution in [0.1, 0.15) is 42.4 Å². The van der Waals surface area contributed by atoms with Gasteiger partial charge < -0.3 is 14.8 Å². The summed E-state index contributed by atoms with van der Waals surface area (Å²) in [6, 6.07) is 0. The average Bonchev–Trinajstić information content (AvgIpc) is 2.85. The van der Waals surface area contributed by atoms with Gasteiger partial charge in [-0.05, 0) is 39.7 Å².